The standard InChI is InChI=1S/C30H43BN6O8/c1-19(2)28(36-23(38)7-5-4-6-14-37-26(41)12-13-27(37)42)29(43)32-16-25(40)35-22-10-8-21(9-11-22)18-45-30(44)33-17-24(39)34-20(3)15-31/h8-13,19-20,28H,4-7,14-18,31H2,1-3H3,(H,32,43)(H,33,44)(H,34,39)(H,35,40)(H,36,38)/t20-,28?/m1/s1. The van der Waals surface area contributed by atoms with E-state index >= 15 is 0 Å². The first kappa shape index (κ1) is 36.5. The van der Waals surface area contributed by atoms with Crippen LogP contribution >= 0.6 is 0 Å². The number of rotatable bonds is 18. The zero-order chi connectivity index (χ0) is 33.4. The molecule has 1 unspecified atom stereocenters. The molecule has 0 saturated carbocycles. The van der Waals surface area contributed by atoms with Gasteiger partial charge in [-0.3, -0.25) is 33.7 Å². The van der Waals surface area contributed by atoms with Gasteiger partial charge in [-0.05, 0) is 43.4 Å². The van der Waals surface area contributed by atoms with E-state index in [1.54, 1.807) is 38.1 Å². The third-order valence-corrected chi connectivity index (χ3v) is 6.90. The lowest BCUT2D eigenvalue weighted by Gasteiger charge is -2.21. The van der Waals surface area contributed by atoms with Crippen LogP contribution in [0.25, 0.3) is 0 Å². The first-order valence-corrected chi connectivity index (χ1v) is 15.1. The van der Waals surface area contributed by atoms with Crippen molar-refractivity contribution in [2.75, 3.05) is 25.0 Å². The molecule has 5 N–H and O–H groups in total. The number of amides is 7. The van der Waals surface area contributed by atoms with Crippen LogP contribution in [-0.2, 0) is 40.1 Å². The lowest BCUT2D eigenvalue weighted by Crippen LogP contribution is -2.51. The number of unbranched alkanes of at least 4 members (excludes halogenated alkanes) is 2. The van der Waals surface area contributed by atoms with Gasteiger partial charge in [-0.2, -0.15) is 0 Å². The van der Waals surface area contributed by atoms with Gasteiger partial charge in [0.2, 0.25) is 23.6 Å². The number of nitrogens with zero attached hydrogens (tertiary/aromatic N) is 1. The summed E-state index contributed by atoms with van der Waals surface area (Å²) in [6.07, 6.45) is 4.42. The Kier molecular flexibility index (Phi) is 15.3. The number of imide groups is 1. The van der Waals surface area contributed by atoms with Crippen molar-refractivity contribution in [2.45, 2.75) is 71.5 Å². The van der Waals surface area contributed by atoms with Gasteiger partial charge in [0.05, 0.1) is 6.54 Å². The molecule has 0 aliphatic carbocycles. The summed E-state index contributed by atoms with van der Waals surface area (Å²) in [7, 11) is 1.94. The van der Waals surface area contributed by atoms with E-state index in [1.807, 2.05) is 14.8 Å². The molecular weight excluding hydrogens is 583 g/mol. The highest BCUT2D eigenvalue weighted by Crippen LogP contribution is 2.11. The lowest BCUT2D eigenvalue weighted by atomic mass is 9.99. The van der Waals surface area contributed by atoms with Gasteiger partial charge in [0.1, 0.15) is 27.0 Å². The molecule has 45 heavy (non-hydrogen) atoms. The Balaban J connectivity index is 1.67. The Morgan fingerprint density at radius 3 is 2.09 bits per heavy atom. The zero-order valence-electron chi connectivity index (χ0n) is 26.3. The lowest BCUT2D eigenvalue weighted by molar-refractivity contribution is -0.137. The fraction of sp³-hybridized carbons (Fsp3) is 0.500. The minimum Gasteiger partial charge on any atom is -0.445 e. The number of carbonyl (C=O) groups is 7. The molecule has 0 fully saturated rings. The van der Waals surface area contributed by atoms with E-state index in [2.05, 4.69) is 26.6 Å². The summed E-state index contributed by atoms with van der Waals surface area (Å²) in [6, 6.07) is 5.72. The van der Waals surface area contributed by atoms with Crippen LogP contribution in [0, 0.1) is 5.92 Å². The first-order valence-electron chi connectivity index (χ1n) is 15.1. The molecule has 14 nitrogen and oxygen atoms in total. The third-order valence-electron chi connectivity index (χ3n) is 6.90. The van der Waals surface area contributed by atoms with Crippen LogP contribution < -0.4 is 26.6 Å². The van der Waals surface area contributed by atoms with Crippen molar-refractivity contribution in [3.63, 3.8) is 0 Å². The van der Waals surface area contributed by atoms with E-state index in [-0.39, 0.29) is 61.7 Å². The number of hydrogen-bond donors (Lipinski definition) is 5. The van der Waals surface area contributed by atoms with Crippen LogP contribution in [-0.4, -0.2) is 86.0 Å². The van der Waals surface area contributed by atoms with Crippen LogP contribution in [0.5, 0.6) is 0 Å². The third kappa shape index (κ3) is 13.7. The molecule has 15 heteroatoms. The van der Waals surface area contributed by atoms with Crippen LogP contribution in [0.1, 0.15) is 52.0 Å². The fourth-order valence-corrected chi connectivity index (χ4v) is 4.11. The predicted octanol–water partition coefficient (Wildman–Crippen LogP) is 0.150. The molecule has 244 valence electrons. The number of carbonyl (C=O) groups excluding carboxylic acids is 7. The van der Waals surface area contributed by atoms with Crippen LogP contribution in [0.4, 0.5) is 10.5 Å². The molecule has 1 aliphatic rings. The number of anilines is 1. The second-order valence-corrected chi connectivity index (χ2v) is 11.0. The Bertz CT molecular complexity index is 1240. The predicted molar refractivity (Wildman–Crippen MR) is 168 cm³/mol. The van der Waals surface area contributed by atoms with Crippen molar-refractivity contribution in [3.8, 4) is 0 Å². The highest BCUT2D eigenvalue weighted by atomic mass is 16.5. The highest BCUT2D eigenvalue weighted by Gasteiger charge is 2.25. The first-order chi connectivity index (χ1) is 21.4. The topological polar surface area (TPSA) is 192 Å². The number of hydrogen-bond acceptors (Lipinski definition) is 8. The minimum absolute atomic E-state index is 0.0108. The maximum atomic E-state index is 12.7. The summed E-state index contributed by atoms with van der Waals surface area (Å²) >= 11 is 0. The molecule has 0 aromatic heterocycles. The monoisotopic (exact) mass is 626 g/mol. The summed E-state index contributed by atoms with van der Waals surface area (Å²) in [5.74, 6) is -2.47. The Morgan fingerprint density at radius 2 is 1.47 bits per heavy atom. The van der Waals surface area contributed by atoms with E-state index in [1.165, 1.54) is 12.2 Å². The summed E-state index contributed by atoms with van der Waals surface area (Å²) in [5, 5.41) is 13.0. The molecule has 2 rings (SSSR count). The molecule has 0 bridgehead atoms. The number of alkyl carbamates (subject to hydrolysis) is 1. The quantitative estimate of drug-likeness (QED) is 0.0864. The molecule has 0 spiro atoms. The number of benzene rings is 1. The molecule has 0 saturated heterocycles. The second-order valence-electron chi connectivity index (χ2n) is 11.0. The summed E-state index contributed by atoms with van der Waals surface area (Å²) in [5.41, 5.74) is 1.12. The second kappa shape index (κ2) is 18.9. The van der Waals surface area contributed by atoms with Gasteiger partial charge in [0.15, 0.2) is 0 Å². The van der Waals surface area contributed by atoms with Gasteiger partial charge < -0.3 is 31.3 Å². The molecule has 1 heterocycles. The number of ether oxygens (including phenoxy) is 1. The van der Waals surface area contributed by atoms with Crippen molar-refractivity contribution in [3.05, 3.63) is 42.0 Å². The molecule has 1 aromatic rings. The Hall–Kier alpha value is -4.69. The average molecular weight is 627 g/mol. The smallest absolute Gasteiger partial charge is 0.407 e. The largest absolute Gasteiger partial charge is 0.445 e. The Morgan fingerprint density at radius 1 is 0.822 bits per heavy atom. The summed E-state index contributed by atoms with van der Waals surface area (Å²) < 4.78 is 5.10. The fourth-order valence-electron chi connectivity index (χ4n) is 4.11. The Labute approximate surface area is 263 Å². The van der Waals surface area contributed by atoms with Crippen molar-refractivity contribution < 1.29 is 38.3 Å². The van der Waals surface area contributed by atoms with Gasteiger partial charge in [-0.15, -0.1) is 0 Å². The van der Waals surface area contributed by atoms with E-state index in [0.29, 0.717) is 37.1 Å². The van der Waals surface area contributed by atoms with Gasteiger partial charge in [-0.25, -0.2) is 4.79 Å². The normalized spacial score (nSPS) is 13.6. The van der Waals surface area contributed by atoms with Crippen molar-refractivity contribution in [1.82, 2.24) is 26.2 Å². The molecule has 0 radical (unpaired) electrons. The molecular formula is C30H43BN6O8. The van der Waals surface area contributed by atoms with Crippen LogP contribution in [0.3, 0.4) is 0 Å². The number of nitrogens with one attached hydrogen (secondary N) is 5. The minimum atomic E-state index is -0.831. The highest BCUT2D eigenvalue weighted by molar-refractivity contribution is 6.12. The summed E-state index contributed by atoms with van der Waals surface area (Å²) in [4.78, 5) is 85.4. The molecule has 1 aliphatic heterocycles. The van der Waals surface area contributed by atoms with Crippen molar-refractivity contribution in [2.24, 2.45) is 5.92 Å². The maximum Gasteiger partial charge on any atom is 0.407 e. The van der Waals surface area contributed by atoms with Crippen LogP contribution in [0.2, 0.25) is 6.32 Å². The molecule has 1 aromatic carbocycles. The average Bonchev–Trinajstić information content (AvgIpc) is 3.33. The van der Waals surface area contributed by atoms with Gasteiger partial charge >= 0.3 is 6.09 Å². The molecule has 2 atom stereocenters. The zero-order valence-corrected chi connectivity index (χ0v) is 26.3. The van der Waals surface area contributed by atoms with Gasteiger partial charge in [0.25, 0.3) is 11.8 Å². The van der Waals surface area contributed by atoms with E-state index in [4.69, 9.17) is 4.74 Å². The van der Waals surface area contributed by atoms with Gasteiger partial charge in [-0.1, -0.05) is 38.7 Å². The summed E-state index contributed by atoms with van der Waals surface area (Å²) in [6.45, 7) is 5.18. The maximum absolute atomic E-state index is 12.7. The van der Waals surface area contributed by atoms with E-state index in [9.17, 15) is 33.6 Å². The van der Waals surface area contributed by atoms with Gasteiger partial charge in [0, 0.05) is 36.8 Å². The van der Waals surface area contributed by atoms with E-state index in [0.717, 1.165) is 11.2 Å². The SMILES string of the molecule is BC[C@@H](C)NC(=O)CNC(=O)OCc1ccc(NC(=O)CNC(=O)C(NC(=O)CCCCCN2C(=O)C=CC2=O)C(C)C)cc1. The van der Waals surface area contributed by atoms with Crippen molar-refractivity contribution >= 4 is 55.1 Å². The van der Waals surface area contributed by atoms with E-state index < -0.39 is 23.9 Å². The van der Waals surface area contributed by atoms with Crippen molar-refractivity contribution in [1.29, 1.82) is 0 Å². The van der Waals surface area contributed by atoms with Crippen LogP contribution in [0.15, 0.2) is 36.4 Å². The molecule has 7 amide bonds.